The van der Waals surface area contributed by atoms with Crippen LogP contribution in [0.25, 0.3) is 0 Å². The van der Waals surface area contributed by atoms with Crippen molar-refractivity contribution in [2.75, 3.05) is 19.5 Å². The molecular formula is C19H17F3N4O3. The highest BCUT2D eigenvalue weighted by Gasteiger charge is 2.14. The van der Waals surface area contributed by atoms with Gasteiger partial charge in [-0.05, 0) is 36.2 Å². The normalized spacial score (nSPS) is 10.7. The van der Waals surface area contributed by atoms with E-state index < -0.39 is 23.0 Å². The van der Waals surface area contributed by atoms with Gasteiger partial charge < -0.3 is 14.8 Å². The van der Waals surface area contributed by atoms with Gasteiger partial charge in [0, 0.05) is 11.8 Å². The Balaban J connectivity index is 1.99. The quantitative estimate of drug-likeness (QED) is 0.634. The molecule has 0 radical (unpaired) electrons. The van der Waals surface area contributed by atoms with E-state index in [0.717, 1.165) is 23.9 Å². The molecule has 29 heavy (non-hydrogen) atoms. The molecule has 10 heteroatoms. The standard InChI is InChI=1S/C19H17F3N4O3/c1-10-4-15(28-2)16(29-3)7-14(10)24-19-25-17(27)8-23-26(19)9-11-5-12(20)18(22)13(21)6-11/h4-8H,9H2,1-3H3,(H,24,25,27). The van der Waals surface area contributed by atoms with Crippen LogP contribution < -0.4 is 20.3 Å². The van der Waals surface area contributed by atoms with Gasteiger partial charge in [0.2, 0.25) is 5.95 Å². The Morgan fingerprint density at radius 1 is 1.03 bits per heavy atom. The lowest BCUT2D eigenvalue weighted by Gasteiger charge is -2.16. The molecule has 7 nitrogen and oxygen atoms in total. The first-order valence-electron chi connectivity index (χ1n) is 8.39. The van der Waals surface area contributed by atoms with Gasteiger partial charge in [0.15, 0.2) is 29.0 Å². The first-order valence-corrected chi connectivity index (χ1v) is 8.39. The van der Waals surface area contributed by atoms with Crippen molar-refractivity contribution in [1.82, 2.24) is 14.8 Å². The highest BCUT2D eigenvalue weighted by Crippen LogP contribution is 2.33. The number of hydrogen-bond donors (Lipinski definition) is 1. The SMILES string of the molecule is COc1cc(C)c(Nc2nc(=O)cnn2Cc2cc(F)c(F)c(F)c2)cc1OC. The van der Waals surface area contributed by atoms with Crippen LogP contribution in [-0.2, 0) is 6.54 Å². The summed E-state index contributed by atoms with van der Waals surface area (Å²) < 4.78 is 51.9. The van der Waals surface area contributed by atoms with E-state index in [2.05, 4.69) is 15.4 Å². The van der Waals surface area contributed by atoms with Crippen LogP contribution in [0.2, 0.25) is 0 Å². The van der Waals surface area contributed by atoms with Crippen molar-refractivity contribution >= 4 is 11.6 Å². The van der Waals surface area contributed by atoms with Crippen molar-refractivity contribution in [3.63, 3.8) is 0 Å². The molecule has 0 aliphatic rings. The van der Waals surface area contributed by atoms with E-state index in [4.69, 9.17) is 9.47 Å². The Bertz CT molecular complexity index is 1100. The molecule has 0 amide bonds. The third-order valence-corrected chi connectivity index (χ3v) is 4.12. The fourth-order valence-electron chi connectivity index (χ4n) is 2.68. The van der Waals surface area contributed by atoms with Crippen LogP contribution in [0.5, 0.6) is 11.5 Å². The summed E-state index contributed by atoms with van der Waals surface area (Å²) in [6.45, 7) is 1.64. The van der Waals surface area contributed by atoms with Crippen molar-refractivity contribution in [2.24, 2.45) is 0 Å². The first-order chi connectivity index (χ1) is 13.8. The van der Waals surface area contributed by atoms with Gasteiger partial charge in [-0.3, -0.25) is 4.79 Å². The number of methoxy groups -OCH3 is 2. The van der Waals surface area contributed by atoms with Crippen LogP contribution >= 0.6 is 0 Å². The number of ether oxygens (including phenoxy) is 2. The summed E-state index contributed by atoms with van der Waals surface area (Å²) in [7, 11) is 2.98. The van der Waals surface area contributed by atoms with Gasteiger partial charge in [0.25, 0.3) is 5.56 Å². The van der Waals surface area contributed by atoms with Gasteiger partial charge in [-0.2, -0.15) is 10.1 Å². The Hall–Kier alpha value is -3.56. The summed E-state index contributed by atoms with van der Waals surface area (Å²) in [6.07, 6.45) is 0.961. The van der Waals surface area contributed by atoms with Crippen molar-refractivity contribution in [1.29, 1.82) is 0 Å². The molecule has 0 saturated heterocycles. The monoisotopic (exact) mass is 406 g/mol. The number of anilines is 2. The van der Waals surface area contributed by atoms with Gasteiger partial charge >= 0.3 is 0 Å². The molecule has 1 aromatic heterocycles. The lowest BCUT2D eigenvalue weighted by molar-refractivity contribution is 0.355. The minimum atomic E-state index is -1.56. The maximum Gasteiger partial charge on any atom is 0.293 e. The lowest BCUT2D eigenvalue weighted by Crippen LogP contribution is -2.19. The molecule has 0 unspecified atom stereocenters. The van der Waals surface area contributed by atoms with Crippen LogP contribution in [0.15, 0.2) is 35.3 Å². The van der Waals surface area contributed by atoms with Gasteiger partial charge in [0.1, 0.15) is 6.20 Å². The Labute approximate surface area is 163 Å². The fraction of sp³-hybridized carbons (Fsp3) is 0.211. The van der Waals surface area contributed by atoms with Crippen molar-refractivity contribution in [2.45, 2.75) is 13.5 Å². The average molecular weight is 406 g/mol. The maximum atomic E-state index is 13.5. The molecule has 2 aromatic carbocycles. The topological polar surface area (TPSA) is 78.3 Å². The average Bonchev–Trinajstić information content (AvgIpc) is 2.69. The smallest absolute Gasteiger partial charge is 0.293 e. The van der Waals surface area contributed by atoms with Gasteiger partial charge in [-0.1, -0.05) is 0 Å². The molecule has 152 valence electrons. The zero-order valence-electron chi connectivity index (χ0n) is 15.8. The molecule has 0 saturated carbocycles. The van der Waals surface area contributed by atoms with Gasteiger partial charge in [-0.25, -0.2) is 17.9 Å². The number of nitrogens with one attached hydrogen (secondary N) is 1. The van der Waals surface area contributed by atoms with Crippen LogP contribution in [0, 0.1) is 24.4 Å². The number of nitrogens with zero attached hydrogens (tertiary/aromatic N) is 3. The lowest BCUT2D eigenvalue weighted by atomic mass is 10.1. The molecular weight excluding hydrogens is 389 g/mol. The third kappa shape index (κ3) is 4.31. The minimum Gasteiger partial charge on any atom is -0.493 e. The summed E-state index contributed by atoms with van der Waals surface area (Å²) in [5, 5.41) is 6.90. The second-order valence-corrected chi connectivity index (χ2v) is 6.10. The number of halogens is 3. The van der Waals surface area contributed by atoms with Crippen molar-refractivity contribution < 1.29 is 22.6 Å². The molecule has 1 N–H and O–H groups in total. The Morgan fingerprint density at radius 3 is 2.28 bits per heavy atom. The van der Waals surface area contributed by atoms with Gasteiger partial charge in [0.05, 0.1) is 20.8 Å². The predicted octanol–water partition coefficient (Wildman–Crippen LogP) is 3.17. The largest absolute Gasteiger partial charge is 0.493 e. The molecule has 0 bridgehead atoms. The number of aromatic nitrogens is 3. The van der Waals surface area contributed by atoms with Crippen LogP contribution in [0.4, 0.5) is 24.8 Å². The molecule has 3 aromatic rings. The zero-order valence-corrected chi connectivity index (χ0v) is 15.8. The van der Waals surface area contributed by atoms with Crippen molar-refractivity contribution in [3.05, 3.63) is 69.4 Å². The summed E-state index contributed by atoms with van der Waals surface area (Å²) in [4.78, 5) is 15.6. The maximum absolute atomic E-state index is 13.5. The molecule has 0 fully saturated rings. The highest BCUT2D eigenvalue weighted by molar-refractivity contribution is 5.64. The van der Waals surface area contributed by atoms with Crippen molar-refractivity contribution in [3.8, 4) is 11.5 Å². The highest BCUT2D eigenvalue weighted by atomic mass is 19.2. The van der Waals surface area contributed by atoms with E-state index in [0.29, 0.717) is 17.2 Å². The van der Waals surface area contributed by atoms with Gasteiger partial charge in [-0.15, -0.1) is 0 Å². The van der Waals surface area contributed by atoms with Crippen LogP contribution in [-0.4, -0.2) is 29.0 Å². The zero-order chi connectivity index (χ0) is 21.1. The Kier molecular flexibility index (Phi) is 5.71. The molecule has 0 aliphatic carbocycles. The summed E-state index contributed by atoms with van der Waals surface area (Å²) in [6, 6.07) is 5.08. The van der Waals surface area contributed by atoms with Crippen LogP contribution in [0.1, 0.15) is 11.1 Å². The second-order valence-electron chi connectivity index (χ2n) is 6.10. The molecule has 0 atom stereocenters. The van der Waals surface area contributed by atoms with E-state index in [1.54, 1.807) is 19.1 Å². The van der Waals surface area contributed by atoms with E-state index in [9.17, 15) is 18.0 Å². The van der Waals surface area contributed by atoms with E-state index in [1.807, 2.05) is 0 Å². The summed E-state index contributed by atoms with van der Waals surface area (Å²) >= 11 is 0. The summed E-state index contributed by atoms with van der Waals surface area (Å²) in [5.41, 5.74) is 0.795. The molecule has 3 rings (SSSR count). The number of aryl methyl sites for hydroxylation is 1. The molecule has 0 spiro atoms. The fourth-order valence-corrected chi connectivity index (χ4v) is 2.68. The van der Waals surface area contributed by atoms with E-state index in [-0.39, 0.29) is 18.1 Å². The molecule has 1 heterocycles. The second kappa shape index (κ2) is 8.21. The van der Waals surface area contributed by atoms with E-state index >= 15 is 0 Å². The number of rotatable bonds is 6. The first kappa shape index (κ1) is 20.2. The van der Waals surface area contributed by atoms with Crippen LogP contribution in [0.3, 0.4) is 0 Å². The predicted molar refractivity (Wildman–Crippen MR) is 99.3 cm³/mol. The number of hydrogen-bond acceptors (Lipinski definition) is 6. The summed E-state index contributed by atoms with van der Waals surface area (Å²) in [5.74, 6) is -3.21. The third-order valence-electron chi connectivity index (χ3n) is 4.12. The van der Waals surface area contributed by atoms with E-state index in [1.165, 1.54) is 18.9 Å². The minimum absolute atomic E-state index is 0.0259. The Morgan fingerprint density at radius 2 is 1.66 bits per heavy atom. The molecule has 0 aliphatic heterocycles. The number of benzene rings is 2.